The molecule has 112 valence electrons. The van der Waals surface area contributed by atoms with Gasteiger partial charge in [-0.05, 0) is 36.9 Å². The Morgan fingerprint density at radius 3 is 2.71 bits per heavy atom. The predicted octanol–water partition coefficient (Wildman–Crippen LogP) is 2.36. The van der Waals surface area contributed by atoms with Crippen molar-refractivity contribution in [3.63, 3.8) is 0 Å². The van der Waals surface area contributed by atoms with Crippen LogP contribution in [0.25, 0.3) is 0 Å². The van der Waals surface area contributed by atoms with Gasteiger partial charge in [0.25, 0.3) is 0 Å². The van der Waals surface area contributed by atoms with E-state index in [4.69, 9.17) is 15.0 Å². The third-order valence-electron chi connectivity index (χ3n) is 4.22. The molecule has 1 fully saturated rings. The van der Waals surface area contributed by atoms with Gasteiger partial charge in [0, 0.05) is 12.8 Å². The van der Waals surface area contributed by atoms with Crippen LogP contribution in [0.1, 0.15) is 31.0 Å². The highest BCUT2D eigenvalue weighted by molar-refractivity contribution is 5.20. The molecule has 21 heavy (non-hydrogen) atoms. The first-order valence-electron chi connectivity index (χ1n) is 7.49. The second-order valence-corrected chi connectivity index (χ2v) is 5.75. The maximum absolute atomic E-state index is 5.86. The highest BCUT2D eigenvalue weighted by atomic mass is 16.5. The van der Waals surface area contributed by atoms with Crippen molar-refractivity contribution in [1.29, 1.82) is 0 Å². The maximum atomic E-state index is 5.86. The molecule has 0 saturated heterocycles. The molecule has 1 aromatic heterocycles. The zero-order valence-corrected chi connectivity index (χ0v) is 12.1. The monoisotopic (exact) mass is 287 g/mol. The third-order valence-corrected chi connectivity index (χ3v) is 4.22. The SMILES string of the molecule is NCC1(Cc2nc(CCOc3ccccc3)no2)CCC1. The van der Waals surface area contributed by atoms with Crippen LogP contribution in [0, 0.1) is 5.41 Å². The molecule has 0 unspecified atom stereocenters. The Morgan fingerprint density at radius 1 is 1.24 bits per heavy atom. The summed E-state index contributed by atoms with van der Waals surface area (Å²) in [6.07, 6.45) is 5.03. The molecule has 1 heterocycles. The van der Waals surface area contributed by atoms with Crippen molar-refractivity contribution >= 4 is 0 Å². The first-order valence-corrected chi connectivity index (χ1v) is 7.49. The van der Waals surface area contributed by atoms with E-state index < -0.39 is 0 Å². The quantitative estimate of drug-likeness (QED) is 0.846. The molecule has 1 aromatic carbocycles. The molecular weight excluding hydrogens is 266 g/mol. The number of benzene rings is 1. The fourth-order valence-electron chi connectivity index (χ4n) is 2.69. The van der Waals surface area contributed by atoms with E-state index in [1.54, 1.807) is 0 Å². The van der Waals surface area contributed by atoms with Gasteiger partial charge in [0.2, 0.25) is 5.89 Å². The zero-order chi connectivity index (χ0) is 14.5. The van der Waals surface area contributed by atoms with E-state index in [0.29, 0.717) is 31.3 Å². The van der Waals surface area contributed by atoms with Crippen LogP contribution < -0.4 is 10.5 Å². The van der Waals surface area contributed by atoms with Crippen LogP contribution >= 0.6 is 0 Å². The normalized spacial score (nSPS) is 16.4. The average molecular weight is 287 g/mol. The van der Waals surface area contributed by atoms with Gasteiger partial charge in [-0.2, -0.15) is 4.98 Å². The summed E-state index contributed by atoms with van der Waals surface area (Å²) in [4.78, 5) is 4.44. The Bertz CT molecular complexity index is 558. The van der Waals surface area contributed by atoms with Crippen LogP contribution in [0.4, 0.5) is 0 Å². The van der Waals surface area contributed by atoms with E-state index in [-0.39, 0.29) is 5.41 Å². The predicted molar refractivity (Wildman–Crippen MR) is 79.0 cm³/mol. The Kier molecular flexibility index (Phi) is 4.20. The van der Waals surface area contributed by atoms with Gasteiger partial charge in [-0.1, -0.05) is 29.8 Å². The summed E-state index contributed by atoms with van der Waals surface area (Å²) in [5.74, 6) is 2.26. The summed E-state index contributed by atoms with van der Waals surface area (Å²) in [6.45, 7) is 1.24. The molecular formula is C16H21N3O2. The van der Waals surface area contributed by atoms with Crippen LogP contribution in [0.2, 0.25) is 0 Å². The minimum absolute atomic E-state index is 0.199. The van der Waals surface area contributed by atoms with Gasteiger partial charge in [0.05, 0.1) is 6.61 Å². The number of ether oxygens (including phenoxy) is 1. The molecule has 5 heteroatoms. The summed E-state index contributed by atoms with van der Waals surface area (Å²) in [6, 6.07) is 9.73. The fraction of sp³-hybridized carbons (Fsp3) is 0.500. The van der Waals surface area contributed by atoms with Crippen LogP contribution in [0.3, 0.4) is 0 Å². The van der Waals surface area contributed by atoms with E-state index in [2.05, 4.69) is 10.1 Å². The van der Waals surface area contributed by atoms with Crippen molar-refractivity contribution in [3.05, 3.63) is 42.0 Å². The standard InChI is InChI=1S/C16H21N3O2/c17-12-16(8-4-9-16)11-15-18-14(19-21-15)7-10-20-13-5-2-1-3-6-13/h1-3,5-6H,4,7-12,17H2. The molecule has 2 N–H and O–H groups in total. The molecule has 0 aliphatic heterocycles. The van der Waals surface area contributed by atoms with E-state index in [0.717, 1.165) is 12.2 Å². The molecule has 1 aliphatic rings. The Balaban J connectivity index is 1.49. The summed E-state index contributed by atoms with van der Waals surface area (Å²) in [7, 11) is 0. The lowest BCUT2D eigenvalue weighted by Gasteiger charge is -2.39. The lowest BCUT2D eigenvalue weighted by molar-refractivity contribution is 0.129. The van der Waals surface area contributed by atoms with E-state index >= 15 is 0 Å². The number of para-hydroxylation sites is 1. The number of hydrogen-bond acceptors (Lipinski definition) is 5. The van der Waals surface area contributed by atoms with Crippen molar-refractivity contribution in [3.8, 4) is 5.75 Å². The van der Waals surface area contributed by atoms with Crippen molar-refractivity contribution in [2.45, 2.75) is 32.1 Å². The van der Waals surface area contributed by atoms with Crippen molar-refractivity contribution < 1.29 is 9.26 Å². The molecule has 0 bridgehead atoms. The Labute approximate surface area is 124 Å². The minimum Gasteiger partial charge on any atom is -0.493 e. The molecule has 5 nitrogen and oxygen atoms in total. The lowest BCUT2D eigenvalue weighted by Crippen LogP contribution is -2.39. The smallest absolute Gasteiger partial charge is 0.227 e. The Morgan fingerprint density at radius 2 is 2.05 bits per heavy atom. The summed E-state index contributed by atoms with van der Waals surface area (Å²) in [5, 5.41) is 4.02. The maximum Gasteiger partial charge on any atom is 0.227 e. The topological polar surface area (TPSA) is 74.2 Å². The van der Waals surface area contributed by atoms with Crippen LogP contribution in [-0.4, -0.2) is 23.3 Å². The first kappa shape index (κ1) is 14.1. The van der Waals surface area contributed by atoms with Gasteiger partial charge in [-0.3, -0.25) is 0 Å². The fourth-order valence-corrected chi connectivity index (χ4v) is 2.69. The van der Waals surface area contributed by atoms with Crippen LogP contribution in [0.5, 0.6) is 5.75 Å². The molecule has 1 saturated carbocycles. The highest BCUT2D eigenvalue weighted by Crippen LogP contribution is 2.42. The molecule has 0 radical (unpaired) electrons. The van der Waals surface area contributed by atoms with Crippen molar-refractivity contribution in [2.75, 3.05) is 13.2 Å². The number of hydrogen-bond donors (Lipinski definition) is 1. The number of nitrogens with two attached hydrogens (primary N) is 1. The van der Waals surface area contributed by atoms with E-state index in [9.17, 15) is 0 Å². The Hall–Kier alpha value is -1.88. The second kappa shape index (κ2) is 6.26. The van der Waals surface area contributed by atoms with Crippen molar-refractivity contribution in [1.82, 2.24) is 10.1 Å². The lowest BCUT2D eigenvalue weighted by atomic mass is 9.67. The summed E-state index contributed by atoms with van der Waals surface area (Å²) < 4.78 is 11.0. The van der Waals surface area contributed by atoms with Gasteiger partial charge in [-0.25, -0.2) is 0 Å². The van der Waals surface area contributed by atoms with Gasteiger partial charge >= 0.3 is 0 Å². The van der Waals surface area contributed by atoms with Gasteiger partial charge < -0.3 is 15.0 Å². The molecule has 0 atom stereocenters. The van der Waals surface area contributed by atoms with Gasteiger partial charge in [0.1, 0.15) is 5.75 Å². The molecule has 0 amide bonds. The zero-order valence-electron chi connectivity index (χ0n) is 12.1. The van der Waals surface area contributed by atoms with Crippen molar-refractivity contribution in [2.24, 2.45) is 11.1 Å². The third kappa shape index (κ3) is 3.42. The number of rotatable bonds is 7. The average Bonchev–Trinajstić information content (AvgIpc) is 2.92. The van der Waals surface area contributed by atoms with E-state index in [1.165, 1.54) is 19.3 Å². The highest BCUT2D eigenvalue weighted by Gasteiger charge is 2.37. The molecule has 0 spiro atoms. The number of nitrogens with zero attached hydrogens (tertiary/aromatic N) is 2. The summed E-state index contributed by atoms with van der Waals surface area (Å²) in [5.41, 5.74) is 6.06. The summed E-state index contributed by atoms with van der Waals surface area (Å²) >= 11 is 0. The molecule has 2 aromatic rings. The second-order valence-electron chi connectivity index (χ2n) is 5.75. The van der Waals surface area contributed by atoms with Crippen LogP contribution in [0.15, 0.2) is 34.9 Å². The van der Waals surface area contributed by atoms with Crippen LogP contribution in [-0.2, 0) is 12.8 Å². The van der Waals surface area contributed by atoms with Gasteiger partial charge in [0.15, 0.2) is 5.82 Å². The van der Waals surface area contributed by atoms with E-state index in [1.807, 2.05) is 30.3 Å². The number of aromatic nitrogens is 2. The molecule has 1 aliphatic carbocycles. The largest absolute Gasteiger partial charge is 0.493 e. The molecule has 3 rings (SSSR count). The minimum atomic E-state index is 0.199. The first-order chi connectivity index (χ1) is 10.3. The van der Waals surface area contributed by atoms with Gasteiger partial charge in [-0.15, -0.1) is 0 Å².